The van der Waals surface area contributed by atoms with Crippen molar-refractivity contribution in [2.45, 2.75) is 52.1 Å². The van der Waals surface area contributed by atoms with Crippen LogP contribution in [0.1, 0.15) is 37.8 Å². The van der Waals surface area contributed by atoms with E-state index < -0.39 is 0 Å². The zero-order valence-corrected chi connectivity index (χ0v) is 14.1. The molecule has 0 aliphatic carbocycles. The van der Waals surface area contributed by atoms with Crippen LogP contribution < -0.4 is 10.6 Å². The van der Waals surface area contributed by atoms with Gasteiger partial charge in [-0.3, -0.25) is 0 Å². The van der Waals surface area contributed by atoms with Crippen LogP contribution in [0, 0.1) is 6.92 Å². The molecule has 21 heavy (non-hydrogen) atoms. The third-order valence-corrected chi connectivity index (χ3v) is 4.46. The summed E-state index contributed by atoms with van der Waals surface area (Å²) in [6, 6.07) is 7.68. The Bertz CT molecular complexity index is 456. The number of benzene rings is 1. The molecule has 3 heteroatoms. The van der Waals surface area contributed by atoms with Gasteiger partial charge < -0.3 is 15.5 Å². The summed E-state index contributed by atoms with van der Waals surface area (Å²) in [4.78, 5) is 5.09. The molecular weight excluding hydrogens is 258 g/mol. The zero-order chi connectivity index (χ0) is 15.4. The summed E-state index contributed by atoms with van der Waals surface area (Å²) >= 11 is 0. The predicted octanol–water partition coefficient (Wildman–Crippen LogP) is 2.81. The molecule has 118 valence electrons. The number of likely N-dealkylation sites (N-methyl/N-ethyl adjacent to an activating group) is 1. The number of anilines is 1. The van der Waals surface area contributed by atoms with Gasteiger partial charge in [-0.2, -0.15) is 0 Å². The smallest absolute Gasteiger partial charge is 0.0414 e. The molecule has 1 aliphatic rings. The van der Waals surface area contributed by atoms with Crippen LogP contribution >= 0.6 is 0 Å². The maximum Gasteiger partial charge on any atom is 0.0414 e. The standard InChI is InChI=1S/C18H31N3/c1-5-17-13-20(4)9-6-10-21(17)18-8-7-14(2)11-16(18)12-15(3)19/h7-8,11,15,17H,5-6,9-10,12-13,19H2,1-4H3. The van der Waals surface area contributed by atoms with Crippen LogP contribution in [0.3, 0.4) is 0 Å². The SMILES string of the molecule is CCC1CN(C)CCCN1c1ccc(C)cc1CC(C)N. The normalized spacial score (nSPS) is 22.1. The van der Waals surface area contributed by atoms with E-state index in [0.717, 1.165) is 19.5 Å². The van der Waals surface area contributed by atoms with Crippen LogP contribution in [0.5, 0.6) is 0 Å². The third kappa shape index (κ3) is 4.21. The van der Waals surface area contributed by atoms with Crippen LogP contribution in [-0.4, -0.2) is 43.7 Å². The van der Waals surface area contributed by atoms with Crippen molar-refractivity contribution in [3.63, 3.8) is 0 Å². The fourth-order valence-electron chi connectivity index (χ4n) is 3.41. The first-order valence-electron chi connectivity index (χ1n) is 8.31. The average molecular weight is 289 g/mol. The third-order valence-electron chi connectivity index (χ3n) is 4.46. The maximum absolute atomic E-state index is 6.07. The molecule has 0 saturated carbocycles. The summed E-state index contributed by atoms with van der Waals surface area (Å²) in [6.45, 7) is 10.1. The zero-order valence-electron chi connectivity index (χ0n) is 14.1. The lowest BCUT2D eigenvalue weighted by Crippen LogP contribution is -2.40. The molecule has 2 atom stereocenters. The van der Waals surface area contributed by atoms with E-state index in [0.29, 0.717) is 6.04 Å². The maximum atomic E-state index is 6.07. The van der Waals surface area contributed by atoms with Gasteiger partial charge in [0.05, 0.1) is 0 Å². The van der Waals surface area contributed by atoms with E-state index in [1.54, 1.807) is 0 Å². The molecule has 1 saturated heterocycles. The molecule has 1 aromatic carbocycles. The van der Waals surface area contributed by atoms with E-state index in [2.05, 4.69) is 55.8 Å². The first-order valence-corrected chi connectivity index (χ1v) is 8.31. The number of hydrogen-bond acceptors (Lipinski definition) is 3. The lowest BCUT2D eigenvalue weighted by molar-refractivity contribution is 0.328. The van der Waals surface area contributed by atoms with E-state index in [1.165, 1.54) is 36.2 Å². The van der Waals surface area contributed by atoms with Crippen molar-refractivity contribution >= 4 is 5.69 Å². The molecule has 1 heterocycles. The van der Waals surface area contributed by atoms with Crippen LogP contribution in [0.2, 0.25) is 0 Å². The summed E-state index contributed by atoms with van der Waals surface area (Å²) in [7, 11) is 2.24. The molecule has 0 aromatic heterocycles. The Balaban J connectivity index is 2.33. The molecular formula is C18H31N3. The van der Waals surface area contributed by atoms with Crippen molar-refractivity contribution in [2.75, 3.05) is 31.6 Å². The summed E-state index contributed by atoms with van der Waals surface area (Å²) in [5, 5.41) is 0. The van der Waals surface area contributed by atoms with E-state index in [9.17, 15) is 0 Å². The van der Waals surface area contributed by atoms with Gasteiger partial charge in [0, 0.05) is 30.9 Å². The highest BCUT2D eigenvalue weighted by atomic mass is 15.2. The number of nitrogens with zero attached hydrogens (tertiary/aromatic N) is 2. The molecule has 0 radical (unpaired) electrons. The van der Waals surface area contributed by atoms with E-state index in [-0.39, 0.29) is 6.04 Å². The predicted molar refractivity (Wildman–Crippen MR) is 92.1 cm³/mol. The number of aryl methyl sites for hydroxylation is 1. The quantitative estimate of drug-likeness (QED) is 0.925. The summed E-state index contributed by atoms with van der Waals surface area (Å²) in [5.41, 5.74) is 10.2. The van der Waals surface area contributed by atoms with Gasteiger partial charge in [0.25, 0.3) is 0 Å². The van der Waals surface area contributed by atoms with Crippen molar-refractivity contribution in [1.82, 2.24) is 4.90 Å². The van der Waals surface area contributed by atoms with Gasteiger partial charge in [-0.25, -0.2) is 0 Å². The fourth-order valence-corrected chi connectivity index (χ4v) is 3.41. The van der Waals surface area contributed by atoms with E-state index in [4.69, 9.17) is 5.73 Å². The number of hydrogen-bond donors (Lipinski definition) is 1. The second-order valence-corrected chi connectivity index (χ2v) is 6.68. The molecule has 1 aliphatic heterocycles. The van der Waals surface area contributed by atoms with Gasteiger partial charge in [0.1, 0.15) is 0 Å². The van der Waals surface area contributed by atoms with Gasteiger partial charge in [-0.1, -0.05) is 24.6 Å². The minimum Gasteiger partial charge on any atom is -0.367 e. The van der Waals surface area contributed by atoms with Crippen molar-refractivity contribution in [3.8, 4) is 0 Å². The molecule has 0 amide bonds. The van der Waals surface area contributed by atoms with E-state index in [1.807, 2.05) is 0 Å². The molecule has 3 nitrogen and oxygen atoms in total. The largest absolute Gasteiger partial charge is 0.367 e. The van der Waals surface area contributed by atoms with Crippen LogP contribution in [0.25, 0.3) is 0 Å². The summed E-state index contributed by atoms with van der Waals surface area (Å²) in [6.07, 6.45) is 3.38. The molecule has 0 spiro atoms. The van der Waals surface area contributed by atoms with Crippen LogP contribution in [0.4, 0.5) is 5.69 Å². The van der Waals surface area contributed by atoms with Gasteiger partial charge >= 0.3 is 0 Å². The highest BCUT2D eigenvalue weighted by Gasteiger charge is 2.24. The van der Waals surface area contributed by atoms with Crippen molar-refractivity contribution in [2.24, 2.45) is 5.73 Å². The molecule has 2 unspecified atom stereocenters. The van der Waals surface area contributed by atoms with Gasteiger partial charge in [-0.05, 0) is 58.3 Å². The monoisotopic (exact) mass is 289 g/mol. The highest BCUT2D eigenvalue weighted by Crippen LogP contribution is 2.27. The fraction of sp³-hybridized carbons (Fsp3) is 0.667. The summed E-state index contributed by atoms with van der Waals surface area (Å²) in [5.74, 6) is 0. The Morgan fingerprint density at radius 3 is 2.76 bits per heavy atom. The van der Waals surface area contributed by atoms with Crippen LogP contribution in [0.15, 0.2) is 18.2 Å². The van der Waals surface area contributed by atoms with Crippen molar-refractivity contribution in [1.29, 1.82) is 0 Å². The molecule has 0 bridgehead atoms. The first kappa shape index (κ1) is 16.3. The number of rotatable bonds is 4. The van der Waals surface area contributed by atoms with Gasteiger partial charge in [-0.15, -0.1) is 0 Å². The minimum atomic E-state index is 0.209. The minimum absolute atomic E-state index is 0.209. The summed E-state index contributed by atoms with van der Waals surface area (Å²) < 4.78 is 0. The lowest BCUT2D eigenvalue weighted by Gasteiger charge is -2.34. The van der Waals surface area contributed by atoms with Crippen LogP contribution in [-0.2, 0) is 6.42 Å². The Morgan fingerprint density at radius 1 is 1.33 bits per heavy atom. The Labute approximate surface area is 130 Å². The Hall–Kier alpha value is -1.06. The van der Waals surface area contributed by atoms with Gasteiger partial charge in [0.2, 0.25) is 0 Å². The second-order valence-electron chi connectivity index (χ2n) is 6.68. The molecule has 2 N–H and O–H groups in total. The second kappa shape index (κ2) is 7.28. The lowest BCUT2D eigenvalue weighted by atomic mass is 10.0. The molecule has 2 rings (SSSR count). The average Bonchev–Trinajstić information content (AvgIpc) is 2.60. The van der Waals surface area contributed by atoms with E-state index >= 15 is 0 Å². The van der Waals surface area contributed by atoms with Gasteiger partial charge in [0.15, 0.2) is 0 Å². The Morgan fingerprint density at radius 2 is 2.10 bits per heavy atom. The number of nitrogens with two attached hydrogens (primary N) is 1. The topological polar surface area (TPSA) is 32.5 Å². The molecule has 1 fully saturated rings. The molecule has 1 aromatic rings. The van der Waals surface area contributed by atoms with Crippen molar-refractivity contribution < 1.29 is 0 Å². The first-order chi connectivity index (χ1) is 10.0. The highest BCUT2D eigenvalue weighted by molar-refractivity contribution is 5.56. The Kier molecular flexibility index (Phi) is 5.65. The van der Waals surface area contributed by atoms with Crippen molar-refractivity contribution in [3.05, 3.63) is 29.3 Å².